The molecule has 7 nitrogen and oxygen atoms in total. The zero-order chi connectivity index (χ0) is 21.4. The summed E-state index contributed by atoms with van der Waals surface area (Å²) in [5, 5.41) is 11.8. The fourth-order valence-electron chi connectivity index (χ4n) is 5.37. The summed E-state index contributed by atoms with van der Waals surface area (Å²) in [5.41, 5.74) is 1.20. The summed E-state index contributed by atoms with van der Waals surface area (Å²) in [6, 6.07) is 13.5. The summed E-state index contributed by atoms with van der Waals surface area (Å²) in [4.78, 5) is 28.1. The Balaban J connectivity index is 1.56. The molecule has 2 fully saturated rings. The molecule has 3 heterocycles. The van der Waals surface area contributed by atoms with E-state index in [4.69, 9.17) is 4.98 Å². The van der Waals surface area contributed by atoms with E-state index in [1.807, 2.05) is 30.3 Å². The lowest BCUT2D eigenvalue weighted by Crippen LogP contribution is -2.58. The second-order valence-corrected chi connectivity index (χ2v) is 8.63. The van der Waals surface area contributed by atoms with Gasteiger partial charge in [0.05, 0.1) is 17.0 Å². The minimum atomic E-state index is -0.855. The van der Waals surface area contributed by atoms with Crippen molar-refractivity contribution in [3.05, 3.63) is 70.9 Å². The van der Waals surface area contributed by atoms with Crippen molar-refractivity contribution < 1.29 is 5.11 Å². The third kappa shape index (κ3) is 3.43. The number of hydrogen-bond donors (Lipinski definition) is 1. The molecule has 7 heteroatoms. The molecule has 1 N–H and O–H groups in total. The molecule has 0 bridgehead atoms. The largest absolute Gasteiger partial charge is 0.385 e. The second kappa shape index (κ2) is 7.89. The molecule has 1 saturated heterocycles. The Morgan fingerprint density at radius 1 is 1.10 bits per heavy atom. The van der Waals surface area contributed by atoms with Gasteiger partial charge < -0.3 is 10.0 Å². The number of nitrogens with zero attached hydrogens (tertiary/aromatic N) is 5. The molecule has 1 aliphatic carbocycles. The molecular weight excluding hydrogens is 390 g/mol. The third-order valence-electron chi connectivity index (χ3n) is 6.96. The SMILES string of the molecule is Cn1c(N2CC[C@@](O)(c3ccccc3)[C@H]3CCCCC32)nc(-c2ccncn2)cc1=O. The fraction of sp³-hybridized carbons (Fsp3) is 0.417. The van der Waals surface area contributed by atoms with Crippen LogP contribution in [0.15, 0.2) is 59.8 Å². The Morgan fingerprint density at radius 3 is 2.68 bits per heavy atom. The Kier molecular flexibility index (Phi) is 5.06. The van der Waals surface area contributed by atoms with E-state index in [2.05, 4.69) is 14.9 Å². The average Bonchev–Trinajstić information content (AvgIpc) is 2.83. The van der Waals surface area contributed by atoms with Crippen LogP contribution in [0.25, 0.3) is 11.4 Å². The van der Waals surface area contributed by atoms with E-state index in [-0.39, 0.29) is 17.5 Å². The van der Waals surface area contributed by atoms with Crippen LogP contribution in [0.2, 0.25) is 0 Å². The van der Waals surface area contributed by atoms with Gasteiger partial charge in [-0.05, 0) is 30.9 Å². The first kappa shape index (κ1) is 19.9. The molecule has 0 amide bonds. The molecule has 160 valence electrons. The van der Waals surface area contributed by atoms with Crippen LogP contribution in [0, 0.1) is 5.92 Å². The topological polar surface area (TPSA) is 84.1 Å². The Hall–Kier alpha value is -3.06. The molecule has 1 aromatic carbocycles. The normalized spacial score (nSPS) is 25.8. The van der Waals surface area contributed by atoms with Crippen molar-refractivity contribution in [2.75, 3.05) is 11.4 Å². The molecule has 1 aliphatic heterocycles. The van der Waals surface area contributed by atoms with Crippen LogP contribution in [-0.4, -0.2) is 37.2 Å². The second-order valence-electron chi connectivity index (χ2n) is 8.63. The van der Waals surface area contributed by atoms with Crippen molar-refractivity contribution in [2.24, 2.45) is 13.0 Å². The summed E-state index contributed by atoms with van der Waals surface area (Å²) in [6.07, 6.45) is 7.89. The highest BCUT2D eigenvalue weighted by Crippen LogP contribution is 2.47. The summed E-state index contributed by atoms with van der Waals surface area (Å²) in [6.45, 7) is 0.639. The minimum Gasteiger partial charge on any atom is -0.385 e. The molecule has 3 aromatic rings. The number of fused-ring (bicyclic) bond motifs is 1. The van der Waals surface area contributed by atoms with Gasteiger partial charge in [0.15, 0.2) is 0 Å². The van der Waals surface area contributed by atoms with Gasteiger partial charge in [-0.15, -0.1) is 0 Å². The standard InChI is InChI=1S/C24H27N5O2/c1-28-22(30)15-20(19-11-13-25-16-26-19)27-23(28)29-14-12-24(31,17-7-3-2-4-8-17)18-9-5-6-10-21(18)29/h2-4,7-8,11,13,15-16,18,21,31H,5-6,9-10,12,14H2,1H3/t18-,21?,24+/m0/s1. The van der Waals surface area contributed by atoms with Crippen molar-refractivity contribution in [1.82, 2.24) is 19.5 Å². The zero-order valence-electron chi connectivity index (χ0n) is 17.7. The number of anilines is 1. The molecular formula is C24H27N5O2. The quantitative estimate of drug-likeness (QED) is 0.705. The molecule has 2 aliphatic rings. The van der Waals surface area contributed by atoms with Crippen LogP contribution in [-0.2, 0) is 12.6 Å². The van der Waals surface area contributed by atoms with Crippen molar-refractivity contribution in [1.29, 1.82) is 0 Å². The Bertz CT molecular complexity index is 1120. The summed E-state index contributed by atoms with van der Waals surface area (Å²) in [5.74, 6) is 0.741. The molecule has 0 spiro atoms. The monoisotopic (exact) mass is 417 g/mol. The van der Waals surface area contributed by atoms with Gasteiger partial charge in [0.2, 0.25) is 5.95 Å². The molecule has 2 aromatic heterocycles. The predicted molar refractivity (Wildman–Crippen MR) is 119 cm³/mol. The van der Waals surface area contributed by atoms with Crippen molar-refractivity contribution in [3.8, 4) is 11.4 Å². The van der Waals surface area contributed by atoms with E-state index < -0.39 is 5.60 Å². The van der Waals surface area contributed by atoms with E-state index in [1.54, 1.807) is 23.9 Å². The molecule has 1 unspecified atom stereocenters. The van der Waals surface area contributed by atoms with Crippen molar-refractivity contribution >= 4 is 5.95 Å². The third-order valence-corrected chi connectivity index (χ3v) is 6.96. The van der Waals surface area contributed by atoms with E-state index in [0.717, 1.165) is 31.2 Å². The molecule has 31 heavy (non-hydrogen) atoms. The maximum absolute atomic E-state index is 12.8. The lowest BCUT2D eigenvalue weighted by atomic mass is 9.66. The average molecular weight is 418 g/mol. The van der Waals surface area contributed by atoms with Gasteiger partial charge in [0.1, 0.15) is 6.33 Å². The lowest BCUT2D eigenvalue weighted by molar-refractivity contribution is -0.0693. The highest BCUT2D eigenvalue weighted by atomic mass is 16.3. The number of benzene rings is 1. The van der Waals surface area contributed by atoms with Crippen molar-refractivity contribution in [2.45, 2.75) is 43.7 Å². The van der Waals surface area contributed by atoms with E-state index in [1.165, 1.54) is 12.4 Å². The van der Waals surface area contributed by atoms with Gasteiger partial charge >= 0.3 is 0 Å². The number of hydrogen-bond acceptors (Lipinski definition) is 6. The minimum absolute atomic E-state index is 0.0945. The van der Waals surface area contributed by atoms with Gasteiger partial charge in [-0.2, -0.15) is 0 Å². The van der Waals surface area contributed by atoms with Crippen LogP contribution in [0.4, 0.5) is 5.95 Å². The first-order valence-electron chi connectivity index (χ1n) is 11.0. The van der Waals surface area contributed by atoms with Crippen LogP contribution in [0.1, 0.15) is 37.7 Å². The molecule has 1 saturated carbocycles. The van der Waals surface area contributed by atoms with Gasteiger partial charge in [0.25, 0.3) is 5.56 Å². The number of aliphatic hydroxyl groups is 1. The highest BCUT2D eigenvalue weighted by Gasteiger charge is 2.49. The van der Waals surface area contributed by atoms with Crippen molar-refractivity contribution in [3.63, 3.8) is 0 Å². The zero-order valence-corrected chi connectivity index (χ0v) is 17.7. The van der Waals surface area contributed by atoms with Crippen LogP contribution in [0.3, 0.4) is 0 Å². The van der Waals surface area contributed by atoms with Crippen LogP contribution in [0.5, 0.6) is 0 Å². The van der Waals surface area contributed by atoms with Gasteiger partial charge in [-0.1, -0.05) is 43.2 Å². The van der Waals surface area contributed by atoms with Gasteiger partial charge in [0, 0.05) is 37.8 Å². The van der Waals surface area contributed by atoms with E-state index in [9.17, 15) is 9.90 Å². The first-order valence-corrected chi connectivity index (χ1v) is 11.0. The maximum Gasteiger partial charge on any atom is 0.255 e. The summed E-state index contributed by atoms with van der Waals surface area (Å²) >= 11 is 0. The van der Waals surface area contributed by atoms with Crippen LogP contribution >= 0.6 is 0 Å². The maximum atomic E-state index is 12.8. The molecule has 3 atom stereocenters. The Labute approximate surface area is 181 Å². The number of piperidine rings is 1. The fourth-order valence-corrected chi connectivity index (χ4v) is 5.37. The summed E-state index contributed by atoms with van der Waals surface area (Å²) in [7, 11) is 1.77. The molecule has 5 rings (SSSR count). The number of aromatic nitrogens is 4. The first-order chi connectivity index (χ1) is 15.1. The smallest absolute Gasteiger partial charge is 0.255 e. The van der Waals surface area contributed by atoms with Gasteiger partial charge in [-0.3, -0.25) is 9.36 Å². The van der Waals surface area contributed by atoms with E-state index in [0.29, 0.717) is 30.3 Å². The lowest BCUT2D eigenvalue weighted by Gasteiger charge is -2.53. The van der Waals surface area contributed by atoms with Gasteiger partial charge in [-0.25, -0.2) is 15.0 Å². The predicted octanol–water partition coefficient (Wildman–Crippen LogP) is 2.89. The van der Waals surface area contributed by atoms with Crippen LogP contribution < -0.4 is 10.5 Å². The Morgan fingerprint density at radius 2 is 1.90 bits per heavy atom. The number of rotatable bonds is 3. The highest BCUT2D eigenvalue weighted by molar-refractivity contribution is 5.55. The molecule has 0 radical (unpaired) electrons. The van der Waals surface area contributed by atoms with E-state index >= 15 is 0 Å². The summed E-state index contributed by atoms with van der Waals surface area (Å²) < 4.78 is 1.61.